The van der Waals surface area contributed by atoms with E-state index < -0.39 is 17.7 Å². The van der Waals surface area contributed by atoms with Crippen molar-refractivity contribution in [2.75, 3.05) is 0 Å². The fourth-order valence-electron chi connectivity index (χ4n) is 0.560. The van der Waals surface area contributed by atoms with Crippen LogP contribution in [0.4, 0.5) is 4.11 Å². The smallest absolute Gasteiger partial charge is 0.367 e. The highest BCUT2D eigenvalue weighted by atomic mass is 28.4. The van der Waals surface area contributed by atoms with E-state index in [1.54, 1.807) is 13.1 Å². The zero-order chi connectivity index (χ0) is 6.78. The zero-order valence-corrected chi connectivity index (χ0v) is 8.02. The fourth-order valence-corrected chi connectivity index (χ4v) is 5.04. The first-order valence-electron chi connectivity index (χ1n) is 2.78. The first kappa shape index (κ1) is 8.32. The highest BCUT2D eigenvalue weighted by Gasteiger charge is 2.22. The Morgan fingerprint density at radius 2 is 1.75 bits per heavy atom. The molecule has 0 aromatic rings. The maximum atomic E-state index is 12.6. The zero-order valence-electron chi connectivity index (χ0n) is 5.86. The van der Waals surface area contributed by atoms with Gasteiger partial charge in [0.2, 0.25) is 0 Å². The number of rotatable bonds is 2. The van der Waals surface area contributed by atoms with E-state index in [9.17, 15) is 4.11 Å². The molecule has 0 bridgehead atoms. The summed E-state index contributed by atoms with van der Waals surface area (Å²) in [5, 5.41) is 0. The number of hydrogen-bond acceptors (Lipinski definition) is 1. The molecule has 0 atom stereocenters. The second kappa shape index (κ2) is 2.75. The van der Waals surface area contributed by atoms with Crippen LogP contribution in [0.25, 0.3) is 0 Å². The van der Waals surface area contributed by atoms with Gasteiger partial charge in [-0.05, 0) is 26.2 Å². The van der Waals surface area contributed by atoms with Crippen molar-refractivity contribution >= 4 is 17.7 Å². The van der Waals surface area contributed by atoms with Crippen molar-refractivity contribution < 1.29 is 8.22 Å². The van der Waals surface area contributed by atoms with Crippen molar-refractivity contribution in [3.8, 4) is 0 Å². The van der Waals surface area contributed by atoms with Gasteiger partial charge in [-0.25, -0.2) is 0 Å². The molecule has 0 amide bonds. The van der Waals surface area contributed by atoms with Gasteiger partial charge in [0.1, 0.15) is 0 Å². The first-order valence-corrected chi connectivity index (χ1v) is 8.35. The van der Waals surface area contributed by atoms with Crippen LogP contribution in [0.1, 0.15) is 0 Å². The molecule has 0 aliphatic rings. The lowest BCUT2D eigenvalue weighted by Gasteiger charge is -2.14. The van der Waals surface area contributed by atoms with Crippen LogP contribution < -0.4 is 0 Å². The molecule has 0 saturated heterocycles. The lowest BCUT2D eigenvalue weighted by Crippen LogP contribution is -2.29. The van der Waals surface area contributed by atoms with Crippen LogP contribution in [0.2, 0.25) is 26.2 Å². The lowest BCUT2D eigenvalue weighted by atomic mass is 11.9. The normalized spacial score (nSPS) is 12.8. The van der Waals surface area contributed by atoms with Gasteiger partial charge >= 0.3 is 8.65 Å². The van der Waals surface area contributed by atoms with E-state index in [1.165, 1.54) is 0 Å². The van der Waals surface area contributed by atoms with Gasteiger partial charge in [0.05, 0.1) is 0 Å². The molecule has 0 aliphatic heterocycles. The van der Waals surface area contributed by atoms with Gasteiger partial charge in [0, 0.05) is 0 Å². The van der Waals surface area contributed by atoms with Crippen molar-refractivity contribution in [3.05, 3.63) is 0 Å². The summed E-state index contributed by atoms with van der Waals surface area (Å²) in [5.41, 5.74) is 0. The molecule has 0 fully saturated rings. The summed E-state index contributed by atoms with van der Waals surface area (Å²) in [6, 6.07) is 0. The van der Waals surface area contributed by atoms with E-state index >= 15 is 0 Å². The highest BCUT2D eigenvalue weighted by Crippen LogP contribution is 2.05. The Balaban J connectivity index is 3.39. The average Bonchev–Trinajstić information content (AvgIpc) is 1.21. The molecule has 0 spiro atoms. The third kappa shape index (κ3) is 6.32. The van der Waals surface area contributed by atoms with Crippen LogP contribution in [-0.4, -0.2) is 17.7 Å². The van der Waals surface area contributed by atoms with Crippen molar-refractivity contribution in [3.63, 3.8) is 0 Å². The second-order valence-corrected chi connectivity index (χ2v) is 8.30. The maximum absolute atomic E-state index is 12.6. The molecule has 0 unspecified atom stereocenters. The van der Waals surface area contributed by atoms with E-state index in [0.29, 0.717) is 0 Å². The maximum Gasteiger partial charge on any atom is 0.367 e. The molecular formula is C4H13FOSi2. The molecule has 0 N–H and O–H groups in total. The van der Waals surface area contributed by atoms with Crippen LogP contribution in [0.15, 0.2) is 0 Å². The number of halogens is 1. The fraction of sp³-hybridized carbons (Fsp3) is 1.00. The Hall–Kier alpha value is 0.324. The minimum atomic E-state index is -2.66. The van der Waals surface area contributed by atoms with Gasteiger partial charge in [-0.3, -0.25) is 4.11 Å². The molecular weight excluding hydrogens is 139 g/mol. The van der Waals surface area contributed by atoms with Crippen LogP contribution in [0.5, 0.6) is 0 Å². The third-order valence-electron chi connectivity index (χ3n) is 0.516. The molecule has 0 saturated carbocycles. The van der Waals surface area contributed by atoms with Gasteiger partial charge < -0.3 is 4.12 Å². The molecule has 50 valence electrons. The summed E-state index contributed by atoms with van der Waals surface area (Å²) < 4.78 is 17.6. The summed E-state index contributed by atoms with van der Waals surface area (Å²) in [6.45, 7) is 7.10. The Morgan fingerprint density at radius 3 is 1.75 bits per heavy atom. The van der Waals surface area contributed by atoms with E-state index in [0.717, 1.165) is 0 Å². The van der Waals surface area contributed by atoms with Gasteiger partial charge in [0.15, 0.2) is 9.04 Å². The average molecular weight is 152 g/mol. The van der Waals surface area contributed by atoms with Gasteiger partial charge in [-0.1, -0.05) is 0 Å². The van der Waals surface area contributed by atoms with Crippen molar-refractivity contribution in [1.82, 2.24) is 0 Å². The van der Waals surface area contributed by atoms with Crippen molar-refractivity contribution in [2.45, 2.75) is 26.2 Å². The third-order valence-corrected chi connectivity index (χ3v) is 4.64. The predicted molar refractivity (Wildman–Crippen MR) is 38.6 cm³/mol. The Bertz CT molecular complexity index is 68.9. The molecule has 0 radical (unpaired) electrons. The number of hydrogen-bond donors (Lipinski definition) is 0. The van der Waals surface area contributed by atoms with E-state index in [1.807, 2.05) is 13.1 Å². The summed E-state index contributed by atoms with van der Waals surface area (Å²) >= 11 is 0. The quantitative estimate of drug-likeness (QED) is 0.432. The van der Waals surface area contributed by atoms with E-state index in [4.69, 9.17) is 4.12 Å². The van der Waals surface area contributed by atoms with Crippen molar-refractivity contribution in [1.29, 1.82) is 0 Å². The summed E-state index contributed by atoms with van der Waals surface area (Å²) in [7, 11) is -3.77. The monoisotopic (exact) mass is 152 g/mol. The minimum Gasteiger partial charge on any atom is -0.436 e. The molecule has 4 heteroatoms. The second-order valence-electron chi connectivity index (χ2n) is 2.53. The van der Waals surface area contributed by atoms with Crippen molar-refractivity contribution in [2.24, 2.45) is 0 Å². The first-order chi connectivity index (χ1) is 3.42. The van der Waals surface area contributed by atoms with Crippen LogP contribution >= 0.6 is 0 Å². The molecule has 1 nitrogen and oxygen atoms in total. The minimum absolute atomic E-state index is 1.11. The van der Waals surface area contributed by atoms with E-state index in [2.05, 4.69) is 0 Å². The molecule has 0 rings (SSSR count). The van der Waals surface area contributed by atoms with Gasteiger partial charge in [0.25, 0.3) is 0 Å². The Kier molecular flexibility index (Phi) is 2.86. The standard InChI is InChI=1S/C4H13FOSi2/c1-7(2)6-8(3,4)5/h7H,1-4H3. The Morgan fingerprint density at radius 1 is 1.38 bits per heavy atom. The van der Waals surface area contributed by atoms with Crippen LogP contribution in [0, 0.1) is 0 Å². The lowest BCUT2D eigenvalue weighted by molar-refractivity contribution is 0.492. The molecule has 0 aliphatic carbocycles. The summed E-state index contributed by atoms with van der Waals surface area (Å²) in [5.74, 6) is 0. The predicted octanol–water partition coefficient (Wildman–Crippen LogP) is 1.66. The highest BCUT2D eigenvalue weighted by molar-refractivity contribution is 6.72. The SMILES string of the molecule is C[SiH](C)O[Si](C)(C)F. The van der Waals surface area contributed by atoms with Crippen LogP contribution in [0.3, 0.4) is 0 Å². The summed E-state index contributed by atoms with van der Waals surface area (Å²) in [4.78, 5) is 0. The molecule has 0 aromatic carbocycles. The van der Waals surface area contributed by atoms with Gasteiger partial charge in [-0.15, -0.1) is 0 Å². The van der Waals surface area contributed by atoms with Crippen LogP contribution in [-0.2, 0) is 4.12 Å². The Labute approximate surface area is 52.9 Å². The molecule has 8 heavy (non-hydrogen) atoms. The molecule has 0 aromatic heterocycles. The largest absolute Gasteiger partial charge is 0.436 e. The van der Waals surface area contributed by atoms with Gasteiger partial charge in [-0.2, -0.15) is 0 Å². The van der Waals surface area contributed by atoms with E-state index in [-0.39, 0.29) is 0 Å². The summed E-state index contributed by atoms with van der Waals surface area (Å²) in [6.07, 6.45) is 0. The molecule has 0 heterocycles. The topological polar surface area (TPSA) is 9.23 Å².